The van der Waals surface area contributed by atoms with Gasteiger partial charge in [0, 0.05) is 23.1 Å². The molecular formula is C36H32O6. The maximum Gasteiger partial charge on any atom is 0.174 e. The second-order valence-corrected chi connectivity index (χ2v) is 10.4. The van der Waals surface area contributed by atoms with Crippen molar-refractivity contribution in [2.45, 2.75) is 17.9 Å². The standard InChI is InChI=1S/C36H32O6/c1-22-21-36(28-20-33(41-5)30(38-2)17-25(28)16-29(42-36)23-12-8-6-9-13-23)34(35(37)24-14-10-7-11-15-24)27-19-32(40-4)31(39-3)18-26(22)27/h6-20,34H,1,21H2,2-5H3. The number of Topliss-reactive ketones (excluding diaryl/α,β-unsaturated/α-hetero) is 1. The SMILES string of the molecule is C=C1CC2(OC(c3ccccc3)=Cc3cc(OC)c(OC)cc32)C(C(=O)c2ccccc2)c2cc(OC)c(OC)cc21. The van der Waals surface area contributed by atoms with Crippen molar-refractivity contribution in [2.24, 2.45) is 0 Å². The van der Waals surface area contributed by atoms with Crippen LogP contribution in [0.1, 0.15) is 50.5 Å². The molecule has 0 saturated carbocycles. The van der Waals surface area contributed by atoms with E-state index in [1.54, 1.807) is 28.4 Å². The zero-order chi connectivity index (χ0) is 29.4. The van der Waals surface area contributed by atoms with Crippen LogP contribution in [0.15, 0.2) is 91.5 Å². The first-order chi connectivity index (χ1) is 20.4. The topological polar surface area (TPSA) is 63.2 Å². The van der Waals surface area contributed by atoms with Gasteiger partial charge in [-0.05, 0) is 52.6 Å². The zero-order valence-electron chi connectivity index (χ0n) is 24.1. The predicted octanol–water partition coefficient (Wildman–Crippen LogP) is 7.53. The highest BCUT2D eigenvalue weighted by atomic mass is 16.5. The summed E-state index contributed by atoms with van der Waals surface area (Å²) < 4.78 is 29.9. The fraction of sp³-hybridized carbons (Fsp3) is 0.194. The van der Waals surface area contributed by atoms with Gasteiger partial charge in [0.15, 0.2) is 34.4 Å². The van der Waals surface area contributed by atoms with E-state index in [-0.39, 0.29) is 5.78 Å². The number of carbonyl (C=O) groups excluding carboxylic acids is 1. The van der Waals surface area contributed by atoms with Gasteiger partial charge in [-0.3, -0.25) is 4.79 Å². The van der Waals surface area contributed by atoms with Crippen molar-refractivity contribution in [2.75, 3.05) is 28.4 Å². The van der Waals surface area contributed by atoms with E-state index in [4.69, 9.17) is 23.7 Å². The molecule has 1 spiro atoms. The third-order valence-corrected chi connectivity index (χ3v) is 8.16. The van der Waals surface area contributed by atoms with E-state index in [1.807, 2.05) is 91.0 Å². The van der Waals surface area contributed by atoms with E-state index in [2.05, 4.69) is 6.58 Å². The Kier molecular flexibility index (Phi) is 6.99. The number of rotatable bonds is 7. The molecule has 0 N–H and O–H groups in total. The Hall–Kier alpha value is -4.97. The Morgan fingerprint density at radius 3 is 2.00 bits per heavy atom. The van der Waals surface area contributed by atoms with Crippen molar-refractivity contribution in [1.82, 2.24) is 0 Å². The van der Waals surface area contributed by atoms with Crippen molar-refractivity contribution >= 4 is 23.2 Å². The predicted molar refractivity (Wildman–Crippen MR) is 163 cm³/mol. The summed E-state index contributed by atoms with van der Waals surface area (Å²) in [6.45, 7) is 4.49. The molecule has 2 atom stereocenters. The van der Waals surface area contributed by atoms with Crippen molar-refractivity contribution in [1.29, 1.82) is 0 Å². The van der Waals surface area contributed by atoms with Gasteiger partial charge in [-0.15, -0.1) is 0 Å². The summed E-state index contributed by atoms with van der Waals surface area (Å²) in [7, 11) is 6.40. The summed E-state index contributed by atoms with van der Waals surface area (Å²) in [5.74, 6) is 2.04. The lowest BCUT2D eigenvalue weighted by Crippen LogP contribution is -2.45. The number of hydrogen-bond acceptors (Lipinski definition) is 6. The fourth-order valence-corrected chi connectivity index (χ4v) is 6.22. The molecule has 1 heterocycles. The van der Waals surface area contributed by atoms with E-state index in [0.29, 0.717) is 40.7 Å². The number of ether oxygens (including phenoxy) is 5. The lowest BCUT2D eigenvalue weighted by atomic mass is 9.63. The lowest BCUT2D eigenvalue weighted by Gasteiger charge is -2.48. The molecule has 1 aliphatic carbocycles. The van der Waals surface area contributed by atoms with Crippen LogP contribution in [0.4, 0.5) is 0 Å². The maximum absolute atomic E-state index is 14.8. The van der Waals surface area contributed by atoms with Crippen LogP contribution in [0.3, 0.4) is 0 Å². The fourth-order valence-electron chi connectivity index (χ4n) is 6.22. The molecule has 0 fully saturated rings. The first-order valence-electron chi connectivity index (χ1n) is 13.7. The minimum Gasteiger partial charge on any atom is -0.493 e. The third-order valence-electron chi connectivity index (χ3n) is 8.16. The van der Waals surface area contributed by atoms with Crippen LogP contribution in [0.2, 0.25) is 0 Å². The van der Waals surface area contributed by atoms with Crippen LogP contribution in [0.25, 0.3) is 17.4 Å². The van der Waals surface area contributed by atoms with Gasteiger partial charge in [0.2, 0.25) is 0 Å². The molecule has 0 saturated heterocycles. The van der Waals surface area contributed by atoms with Gasteiger partial charge in [-0.25, -0.2) is 0 Å². The average molecular weight is 561 g/mol. The summed E-state index contributed by atoms with van der Waals surface area (Å²) >= 11 is 0. The Morgan fingerprint density at radius 2 is 1.36 bits per heavy atom. The molecule has 42 heavy (non-hydrogen) atoms. The molecule has 0 radical (unpaired) electrons. The largest absolute Gasteiger partial charge is 0.493 e. The van der Waals surface area contributed by atoms with Crippen LogP contribution < -0.4 is 18.9 Å². The van der Waals surface area contributed by atoms with Gasteiger partial charge in [0.1, 0.15) is 5.76 Å². The van der Waals surface area contributed by atoms with Gasteiger partial charge in [-0.2, -0.15) is 0 Å². The second kappa shape index (κ2) is 10.8. The van der Waals surface area contributed by atoms with Crippen molar-refractivity contribution < 1.29 is 28.5 Å². The lowest BCUT2D eigenvalue weighted by molar-refractivity contribution is 0.00942. The minimum atomic E-state index is -1.16. The van der Waals surface area contributed by atoms with Gasteiger partial charge in [-0.1, -0.05) is 67.2 Å². The normalized spacial score (nSPS) is 18.7. The average Bonchev–Trinajstić information content (AvgIpc) is 3.04. The maximum atomic E-state index is 14.8. The molecule has 212 valence electrons. The molecule has 0 amide bonds. The molecular weight excluding hydrogens is 528 g/mol. The molecule has 2 unspecified atom stereocenters. The van der Waals surface area contributed by atoms with Gasteiger partial charge in [0.05, 0.1) is 34.4 Å². The van der Waals surface area contributed by atoms with Crippen LogP contribution in [0, 0.1) is 0 Å². The molecule has 6 heteroatoms. The highest BCUT2D eigenvalue weighted by Crippen LogP contribution is 2.59. The number of carbonyl (C=O) groups is 1. The highest BCUT2D eigenvalue weighted by molar-refractivity contribution is 6.04. The Morgan fingerprint density at radius 1 is 0.786 bits per heavy atom. The number of hydrogen-bond donors (Lipinski definition) is 0. The van der Waals surface area contributed by atoms with Crippen molar-refractivity contribution in [3.05, 3.63) is 125 Å². The molecule has 4 aromatic rings. The van der Waals surface area contributed by atoms with Gasteiger partial charge in [0.25, 0.3) is 0 Å². The van der Waals surface area contributed by atoms with E-state index in [9.17, 15) is 4.79 Å². The summed E-state index contributed by atoms with van der Waals surface area (Å²) in [6.07, 6.45) is 2.35. The molecule has 2 aliphatic rings. The Bertz CT molecular complexity index is 1710. The second-order valence-electron chi connectivity index (χ2n) is 10.4. The number of methoxy groups -OCH3 is 4. The summed E-state index contributed by atoms with van der Waals surface area (Å²) in [6, 6.07) is 26.9. The monoisotopic (exact) mass is 560 g/mol. The molecule has 0 aromatic heterocycles. The first kappa shape index (κ1) is 27.2. The van der Waals surface area contributed by atoms with Crippen molar-refractivity contribution in [3.63, 3.8) is 0 Å². The molecule has 1 aliphatic heterocycles. The van der Waals surface area contributed by atoms with Crippen molar-refractivity contribution in [3.8, 4) is 23.0 Å². The quantitative estimate of drug-likeness (QED) is 0.218. The third kappa shape index (κ3) is 4.31. The van der Waals surface area contributed by atoms with Crippen LogP contribution in [-0.2, 0) is 10.3 Å². The Balaban J connectivity index is 1.69. The molecule has 4 aromatic carbocycles. The van der Waals surface area contributed by atoms with Crippen LogP contribution >= 0.6 is 0 Å². The number of fused-ring (bicyclic) bond motifs is 3. The summed E-state index contributed by atoms with van der Waals surface area (Å²) in [5, 5.41) is 0. The van der Waals surface area contributed by atoms with Gasteiger partial charge < -0.3 is 23.7 Å². The van der Waals surface area contributed by atoms with E-state index >= 15 is 0 Å². The summed E-state index contributed by atoms with van der Waals surface area (Å²) in [5.41, 5.74) is 4.42. The van der Waals surface area contributed by atoms with Crippen LogP contribution in [0.5, 0.6) is 23.0 Å². The number of ketones is 1. The van der Waals surface area contributed by atoms with E-state index in [0.717, 1.165) is 33.4 Å². The molecule has 6 rings (SSSR count). The van der Waals surface area contributed by atoms with E-state index < -0.39 is 11.5 Å². The smallest absolute Gasteiger partial charge is 0.174 e. The molecule has 0 bridgehead atoms. The first-order valence-corrected chi connectivity index (χ1v) is 13.7. The Labute approximate surface area is 245 Å². The van der Waals surface area contributed by atoms with Crippen LogP contribution in [-0.4, -0.2) is 34.2 Å². The van der Waals surface area contributed by atoms with Gasteiger partial charge >= 0.3 is 0 Å². The van der Waals surface area contributed by atoms with E-state index in [1.165, 1.54) is 0 Å². The summed E-state index contributed by atoms with van der Waals surface area (Å²) in [4.78, 5) is 14.8. The molecule has 6 nitrogen and oxygen atoms in total. The minimum absolute atomic E-state index is 0.0772. The highest BCUT2D eigenvalue weighted by Gasteiger charge is 2.54. The zero-order valence-corrected chi connectivity index (χ0v) is 24.1. The number of benzene rings is 4.